The molecule has 0 fully saturated rings. The summed E-state index contributed by atoms with van der Waals surface area (Å²) in [5.74, 6) is -1.51. The van der Waals surface area contributed by atoms with Gasteiger partial charge in [-0.2, -0.15) is 0 Å². The van der Waals surface area contributed by atoms with Crippen molar-refractivity contribution < 1.29 is 19.9 Å². The van der Waals surface area contributed by atoms with Crippen molar-refractivity contribution in [3.63, 3.8) is 0 Å². The summed E-state index contributed by atoms with van der Waals surface area (Å²) >= 11 is 5.65. The van der Waals surface area contributed by atoms with E-state index in [4.69, 9.17) is 16.7 Å². The average molecular weight is 246 g/mol. The third kappa shape index (κ3) is 2.29. The number of nitro benzene ring substituents is 1. The first kappa shape index (κ1) is 12.4. The molecule has 1 unspecified atom stereocenters. The first-order valence-electron chi connectivity index (χ1n) is 4.20. The summed E-state index contributed by atoms with van der Waals surface area (Å²) < 4.78 is 0. The molecule has 0 aliphatic carbocycles. The second-order valence-electron chi connectivity index (χ2n) is 3.19. The van der Waals surface area contributed by atoms with Crippen molar-refractivity contribution >= 4 is 23.3 Å². The number of halogens is 1. The van der Waals surface area contributed by atoms with Crippen LogP contribution < -0.4 is 0 Å². The highest BCUT2D eigenvalue weighted by Crippen LogP contribution is 2.33. The summed E-state index contributed by atoms with van der Waals surface area (Å²) in [5, 5.41) is 28.2. The van der Waals surface area contributed by atoms with Crippen LogP contribution in [0.1, 0.15) is 17.2 Å². The van der Waals surface area contributed by atoms with Gasteiger partial charge in [0, 0.05) is 11.6 Å². The molecule has 1 aromatic carbocycles. The molecule has 0 amide bonds. The lowest BCUT2D eigenvalue weighted by atomic mass is 10.1. The lowest BCUT2D eigenvalue weighted by Crippen LogP contribution is -2.11. The van der Waals surface area contributed by atoms with Crippen LogP contribution in [0.4, 0.5) is 5.69 Å². The van der Waals surface area contributed by atoms with Gasteiger partial charge >= 0.3 is 5.97 Å². The average Bonchev–Trinajstić information content (AvgIpc) is 2.19. The minimum Gasteiger partial charge on any atom is -0.479 e. The number of carboxylic acid groups (broad SMARTS) is 1. The number of carbonyl (C=O) groups is 1. The van der Waals surface area contributed by atoms with Crippen molar-refractivity contribution in [3.05, 3.63) is 38.4 Å². The van der Waals surface area contributed by atoms with Gasteiger partial charge in [-0.15, -0.1) is 0 Å². The van der Waals surface area contributed by atoms with E-state index in [0.717, 1.165) is 0 Å². The Morgan fingerprint density at radius 3 is 2.56 bits per heavy atom. The summed E-state index contributed by atoms with van der Waals surface area (Å²) in [6.45, 7) is 1.54. The van der Waals surface area contributed by atoms with E-state index >= 15 is 0 Å². The number of aliphatic hydroxyl groups is 1. The monoisotopic (exact) mass is 245 g/mol. The summed E-state index contributed by atoms with van der Waals surface area (Å²) in [7, 11) is 0. The number of aliphatic carboxylic acids is 1. The van der Waals surface area contributed by atoms with E-state index in [1.54, 1.807) is 6.92 Å². The quantitative estimate of drug-likeness (QED) is 0.623. The number of rotatable bonds is 3. The molecule has 0 radical (unpaired) electrons. The zero-order valence-corrected chi connectivity index (χ0v) is 8.93. The molecule has 0 aliphatic heterocycles. The molecule has 1 aromatic rings. The number of nitrogens with zero attached hydrogens (tertiary/aromatic N) is 1. The number of hydrogen-bond donors (Lipinski definition) is 2. The number of benzene rings is 1. The molecule has 1 atom stereocenters. The Morgan fingerprint density at radius 2 is 2.12 bits per heavy atom. The van der Waals surface area contributed by atoms with Gasteiger partial charge in [0.05, 0.1) is 4.92 Å². The Labute approximate surface area is 95.2 Å². The Hall–Kier alpha value is -1.66. The number of aryl methyl sites for hydroxylation is 1. The first-order chi connectivity index (χ1) is 7.34. The number of nitro groups is 1. The van der Waals surface area contributed by atoms with E-state index in [9.17, 15) is 20.0 Å². The number of aliphatic hydroxyl groups excluding tert-OH is 1. The molecule has 1 rings (SSSR count). The van der Waals surface area contributed by atoms with E-state index in [0.29, 0.717) is 5.56 Å². The molecular weight excluding hydrogens is 238 g/mol. The third-order valence-electron chi connectivity index (χ3n) is 1.95. The highest BCUT2D eigenvalue weighted by molar-refractivity contribution is 6.33. The molecule has 16 heavy (non-hydrogen) atoms. The molecule has 0 bridgehead atoms. The Morgan fingerprint density at radius 1 is 1.56 bits per heavy atom. The molecule has 0 spiro atoms. The summed E-state index contributed by atoms with van der Waals surface area (Å²) in [6, 6.07) is 2.51. The molecule has 0 saturated heterocycles. The van der Waals surface area contributed by atoms with Crippen molar-refractivity contribution in [1.29, 1.82) is 0 Å². The lowest BCUT2D eigenvalue weighted by molar-refractivity contribution is -0.384. The molecule has 0 saturated carbocycles. The molecule has 0 aliphatic rings. The maximum atomic E-state index is 10.6. The SMILES string of the molecule is Cc1cc(C(O)C(=O)O)c(Cl)c([N+](=O)[O-])c1. The second-order valence-corrected chi connectivity index (χ2v) is 3.56. The highest BCUT2D eigenvalue weighted by atomic mass is 35.5. The van der Waals surface area contributed by atoms with Crippen LogP contribution in [0.5, 0.6) is 0 Å². The van der Waals surface area contributed by atoms with E-state index in [-0.39, 0.29) is 10.6 Å². The van der Waals surface area contributed by atoms with Crippen LogP contribution in [0, 0.1) is 17.0 Å². The fraction of sp³-hybridized carbons (Fsp3) is 0.222. The van der Waals surface area contributed by atoms with Gasteiger partial charge in [-0.25, -0.2) is 4.79 Å². The van der Waals surface area contributed by atoms with Gasteiger partial charge in [0.1, 0.15) is 5.02 Å². The van der Waals surface area contributed by atoms with Crippen LogP contribution in [-0.2, 0) is 4.79 Å². The van der Waals surface area contributed by atoms with Gasteiger partial charge in [-0.05, 0) is 12.5 Å². The minimum absolute atomic E-state index is 0.180. The van der Waals surface area contributed by atoms with Gasteiger partial charge in [-0.3, -0.25) is 10.1 Å². The standard InChI is InChI=1S/C9H8ClNO5/c1-4-2-5(8(12)9(13)14)7(10)6(3-4)11(15)16/h2-3,8,12H,1H3,(H,13,14). The van der Waals surface area contributed by atoms with Crippen LogP contribution in [-0.4, -0.2) is 21.1 Å². The molecule has 2 N–H and O–H groups in total. The van der Waals surface area contributed by atoms with Crippen LogP contribution in [0.25, 0.3) is 0 Å². The Kier molecular flexibility index (Phi) is 3.46. The first-order valence-corrected chi connectivity index (χ1v) is 4.57. The van der Waals surface area contributed by atoms with E-state index in [2.05, 4.69) is 0 Å². The van der Waals surface area contributed by atoms with E-state index in [1.165, 1.54) is 12.1 Å². The largest absolute Gasteiger partial charge is 0.479 e. The van der Waals surface area contributed by atoms with E-state index < -0.39 is 22.7 Å². The van der Waals surface area contributed by atoms with Crippen LogP contribution in [0.2, 0.25) is 5.02 Å². The smallest absolute Gasteiger partial charge is 0.337 e. The van der Waals surface area contributed by atoms with Crippen molar-refractivity contribution in [2.24, 2.45) is 0 Å². The van der Waals surface area contributed by atoms with E-state index in [1.807, 2.05) is 0 Å². The van der Waals surface area contributed by atoms with Crippen LogP contribution in [0.15, 0.2) is 12.1 Å². The fourth-order valence-corrected chi connectivity index (χ4v) is 1.52. The fourth-order valence-electron chi connectivity index (χ4n) is 1.24. The van der Waals surface area contributed by atoms with Gasteiger partial charge in [0.15, 0.2) is 6.10 Å². The van der Waals surface area contributed by atoms with Crippen molar-refractivity contribution in [2.75, 3.05) is 0 Å². The predicted molar refractivity (Wildman–Crippen MR) is 55.4 cm³/mol. The summed E-state index contributed by atoms with van der Waals surface area (Å²) in [4.78, 5) is 20.4. The molecule has 86 valence electrons. The molecule has 7 heteroatoms. The summed E-state index contributed by atoms with van der Waals surface area (Å²) in [6.07, 6.45) is -1.87. The topological polar surface area (TPSA) is 101 Å². The van der Waals surface area contributed by atoms with Gasteiger partial charge in [-0.1, -0.05) is 17.7 Å². The zero-order chi connectivity index (χ0) is 12.5. The summed E-state index contributed by atoms with van der Waals surface area (Å²) in [5.41, 5.74) is -0.149. The third-order valence-corrected chi connectivity index (χ3v) is 2.36. The normalized spacial score (nSPS) is 12.2. The minimum atomic E-state index is -1.87. The number of carboxylic acids is 1. The van der Waals surface area contributed by atoms with Crippen molar-refractivity contribution in [2.45, 2.75) is 13.0 Å². The lowest BCUT2D eigenvalue weighted by Gasteiger charge is -2.09. The maximum absolute atomic E-state index is 10.6. The van der Waals surface area contributed by atoms with Gasteiger partial charge in [0.25, 0.3) is 5.69 Å². The maximum Gasteiger partial charge on any atom is 0.337 e. The zero-order valence-electron chi connectivity index (χ0n) is 8.18. The van der Waals surface area contributed by atoms with Crippen molar-refractivity contribution in [1.82, 2.24) is 0 Å². The highest BCUT2D eigenvalue weighted by Gasteiger charge is 2.25. The van der Waals surface area contributed by atoms with Gasteiger partial charge < -0.3 is 10.2 Å². The van der Waals surface area contributed by atoms with Crippen molar-refractivity contribution in [3.8, 4) is 0 Å². The van der Waals surface area contributed by atoms with Gasteiger partial charge in [0.2, 0.25) is 0 Å². The van der Waals surface area contributed by atoms with Crippen LogP contribution in [0.3, 0.4) is 0 Å². The molecular formula is C9H8ClNO5. The molecule has 0 heterocycles. The Bertz CT molecular complexity index is 459. The number of hydrogen-bond acceptors (Lipinski definition) is 4. The predicted octanol–water partition coefficient (Wildman–Crippen LogP) is 1.67. The molecule has 0 aromatic heterocycles. The van der Waals surface area contributed by atoms with Crippen LogP contribution >= 0.6 is 11.6 Å². The Balaban J connectivity index is 3.40. The second kappa shape index (κ2) is 4.46. The molecule has 6 nitrogen and oxygen atoms in total.